The largest absolute Gasteiger partial charge is 0.383 e. The Morgan fingerprint density at radius 2 is 1.78 bits per heavy atom. The highest BCUT2D eigenvalue weighted by molar-refractivity contribution is 6.30. The molecule has 0 fully saturated rings. The third-order valence-corrected chi connectivity index (χ3v) is 3.27. The fourth-order valence-electron chi connectivity index (χ4n) is 2.03. The zero-order chi connectivity index (χ0) is 13.0. The molecule has 0 aromatic heterocycles. The zero-order valence-electron chi connectivity index (χ0n) is 10.0. The Kier molecular flexibility index (Phi) is 4.02. The molecule has 0 aliphatic carbocycles. The van der Waals surface area contributed by atoms with Gasteiger partial charge in [0.15, 0.2) is 0 Å². The highest BCUT2D eigenvalue weighted by Crippen LogP contribution is 2.25. The Labute approximate surface area is 112 Å². The summed E-state index contributed by atoms with van der Waals surface area (Å²) in [5, 5.41) is 11.3. The predicted octanol–water partition coefficient (Wildman–Crippen LogP) is 2.73. The van der Waals surface area contributed by atoms with Gasteiger partial charge in [0.05, 0.1) is 0 Å². The molecule has 2 aromatic rings. The van der Waals surface area contributed by atoms with Crippen LogP contribution >= 0.6 is 11.6 Å². The van der Waals surface area contributed by atoms with Crippen LogP contribution in [0.5, 0.6) is 0 Å². The van der Waals surface area contributed by atoms with E-state index in [1.54, 1.807) is 0 Å². The van der Waals surface area contributed by atoms with Crippen molar-refractivity contribution in [3.63, 3.8) is 0 Å². The lowest BCUT2D eigenvalue weighted by molar-refractivity contribution is 0.0463. The molecule has 94 valence electrons. The van der Waals surface area contributed by atoms with Crippen LogP contribution in [0.2, 0.25) is 5.02 Å². The maximum atomic E-state index is 10.7. The van der Waals surface area contributed by atoms with E-state index in [0.29, 0.717) is 11.4 Å². The van der Waals surface area contributed by atoms with Gasteiger partial charge in [-0.3, -0.25) is 0 Å². The van der Waals surface area contributed by atoms with Gasteiger partial charge in [-0.15, -0.1) is 0 Å². The second-order valence-corrected chi connectivity index (χ2v) is 4.84. The van der Waals surface area contributed by atoms with Gasteiger partial charge in [0.2, 0.25) is 0 Å². The van der Waals surface area contributed by atoms with Crippen LogP contribution < -0.4 is 5.73 Å². The molecule has 0 bridgehead atoms. The molecule has 2 rings (SSSR count). The summed E-state index contributed by atoms with van der Waals surface area (Å²) in [5.74, 6) is 0. The Bertz CT molecular complexity index is 515. The van der Waals surface area contributed by atoms with Crippen molar-refractivity contribution in [3.8, 4) is 0 Å². The van der Waals surface area contributed by atoms with E-state index < -0.39 is 5.60 Å². The standard InChI is InChI=1S/C15H16ClNO/c16-14-8-4-5-12(9-14)10-15(18,11-17)13-6-2-1-3-7-13/h1-9,18H,10-11,17H2. The number of aliphatic hydroxyl groups is 1. The number of hydrogen-bond donors (Lipinski definition) is 2. The van der Waals surface area contributed by atoms with Crippen molar-refractivity contribution in [1.82, 2.24) is 0 Å². The molecule has 0 spiro atoms. The Hall–Kier alpha value is -1.35. The van der Waals surface area contributed by atoms with Gasteiger partial charge >= 0.3 is 0 Å². The summed E-state index contributed by atoms with van der Waals surface area (Å²) in [5.41, 5.74) is 6.49. The van der Waals surface area contributed by atoms with E-state index in [1.165, 1.54) is 0 Å². The van der Waals surface area contributed by atoms with Gasteiger partial charge in [0, 0.05) is 18.0 Å². The third-order valence-electron chi connectivity index (χ3n) is 3.03. The first kappa shape index (κ1) is 13.1. The first-order valence-corrected chi connectivity index (χ1v) is 6.24. The average molecular weight is 262 g/mol. The van der Waals surface area contributed by atoms with Crippen LogP contribution in [0.3, 0.4) is 0 Å². The second-order valence-electron chi connectivity index (χ2n) is 4.41. The van der Waals surface area contributed by atoms with Gasteiger partial charge in [-0.1, -0.05) is 54.1 Å². The summed E-state index contributed by atoms with van der Waals surface area (Å²) in [6.45, 7) is 0.170. The normalized spacial score (nSPS) is 14.2. The van der Waals surface area contributed by atoms with E-state index in [9.17, 15) is 5.11 Å². The van der Waals surface area contributed by atoms with Crippen molar-refractivity contribution < 1.29 is 5.11 Å². The zero-order valence-corrected chi connectivity index (χ0v) is 10.8. The lowest BCUT2D eigenvalue weighted by atomic mass is 9.87. The maximum absolute atomic E-state index is 10.7. The van der Waals surface area contributed by atoms with E-state index in [2.05, 4.69) is 0 Å². The molecule has 1 atom stereocenters. The first-order chi connectivity index (χ1) is 8.64. The smallest absolute Gasteiger partial charge is 0.106 e. The van der Waals surface area contributed by atoms with Gasteiger partial charge in [-0.25, -0.2) is 0 Å². The molecule has 2 nitrogen and oxygen atoms in total. The second kappa shape index (κ2) is 5.53. The molecule has 0 saturated carbocycles. The molecule has 2 aromatic carbocycles. The molecule has 1 unspecified atom stereocenters. The quantitative estimate of drug-likeness (QED) is 0.889. The number of hydrogen-bond acceptors (Lipinski definition) is 2. The maximum Gasteiger partial charge on any atom is 0.106 e. The summed E-state index contributed by atoms with van der Waals surface area (Å²) in [4.78, 5) is 0. The van der Waals surface area contributed by atoms with E-state index in [-0.39, 0.29) is 6.54 Å². The Morgan fingerprint density at radius 1 is 1.06 bits per heavy atom. The predicted molar refractivity (Wildman–Crippen MR) is 74.5 cm³/mol. The van der Waals surface area contributed by atoms with Crippen LogP contribution in [-0.4, -0.2) is 11.7 Å². The monoisotopic (exact) mass is 261 g/mol. The molecular weight excluding hydrogens is 246 g/mol. The van der Waals surface area contributed by atoms with Gasteiger partial charge in [0.25, 0.3) is 0 Å². The summed E-state index contributed by atoms with van der Waals surface area (Å²) in [6.07, 6.45) is 0.452. The number of benzene rings is 2. The fourth-order valence-corrected chi connectivity index (χ4v) is 2.24. The summed E-state index contributed by atoms with van der Waals surface area (Å²) in [7, 11) is 0. The van der Waals surface area contributed by atoms with Crippen molar-refractivity contribution in [3.05, 3.63) is 70.7 Å². The minimum atomic E-state index is -1.05. The number of rotatable bonds is 4. The molecule has 3 heteroatoms. The van der Waals surface area contributed by atoms with E-state index in [0.717, 1.165) is 11.1 Å². The van der Waals surface area contributed by atoms with Crippen LogP contribution in [0.25, 0.3) is 0 Å². The molecule has 0 aliphatic heterocycles. The molecule has 3 N–H and O–H groups in total. The summed E-state index contributed by atoms with van der Waals surface area (Å²) >= 11 is 5.95. The highest BCUT2D eigenvalue weighted by atomic mass is 35.5. The van der Waals surface area contributed by atoms with Crippen molar-refractivity contribution in [2.45, 2.75) is 12.0 Å². The van der Waals surface area contributed by atoms with Gasteiger partial charge < -0.3 is 10.8 Å². The minimum Gasteiger partial charge on any atom is -0.383 e. The SMILES string of the molecule is NCC(O)(Cc1cccc(Cl)c1)c1ccccc1. The molecule has 0 radical (unpaired) electrons. The number of nitrogens with two attached hydrogens (primary N) is 1. The molecule has 0 aliphatic rings. The molecule has 0 amide bonds. The molecule has 18 heavy (non-hydrogen) atoms. The van der Waals surface area contributed by atoms with Gasteiger partial charge in [-0.2, -0.15) is 0 Å². The van der Waals surface area contributed by atoms with Crippen molar-refractivity contribution in [2.24, 2.45) is 5.73 Å². The third kappa shape index (κ3) is 2.91. The van der Waals surface area contributed by atoms with Crippen LogP contribution in [0.15, 0.2) is 54.6 Å². The van der Waals surface area contributed by atoms with Gasteiger partial charge in [0.1, 0.15) is 5.60 Å². The summed E-state index contributed by atoms with van der Waals surface area (Å²) in [6, 6.07) is 17.0. The van der Waals surface area contributed by atoms with E-state index in [1.807, 2.05) is 54.6 Å². The van der Waals surface area contributed by atoms with Crippen LogP contribution in [0.1, 0.15) is 11.1 Å². The van der Waals surface area contributed by atoms with Crippen LogP contribution in [0.4, 0.5) is 0 Å². The van der Waals surface area contributed by atoms with Gasteiger partial charge in [-0.05, 0) is 23.3 Å². The van der Waals surface area contributed by atoms with E-state index >= 15 is 0 Å². The van der Waals surface area contributed by atoms with Crippen LogP contribution in [-0.2, 0) is 12.0 Å². The highest BCUT2D eigenvalue weighted by Gasteiger charge is 2.27. The van der Waals surface area contributed by atoms with Crippen LogP contribution in [0, 0.1) is 0 Å². The first-order valence-electron chi connectivity index (χ1n) is 5.86. The minimum absolute atomic E-state index is 0.170. The van der Waals surface area contributed by atoms with Crippen molar-refractivity contribution in [2.75, 3.05) is 6.54 Å². The lowest BCUT2D eigenvalue weighted by Crippen LogP contribution is -2.37. The average Bonchev–Trinajstić information content (AvgIpc) is 2.39. The molecule has 0 heterocycles. The lowest BCUT2D eigenvalue weighted by Gasteiger charge is -2.27. The fraction of sp³-hybridized carbons (Fsp3) is 0.200. The Morgan fingerprint density at radius 3 is 2.39 bits per heavy atom. The topological polar surface area (TPSA) is 46.2 Å². The Balaban J connectivity index is 2.29. The molecular formula is C15H16ClNO. The summed E-state index contributed by atoms with van der Waals surface area (Å²) < 4.78 is 0. The molecule has 0 saturated heterocycles. The van der Waals surface area contributed by atoms with Crippen molar-refractivity contribution in [1.29, 1.82) is 0 Å². The van der Waals surface area contributed by atoms with Crippen molar-refractivity contribution >= 4 is 11.6 Å². The van der Waals surface area contributed by atoms with E-state index in [4.69, 9.17) is 17.3 Å². The number of halogens is 1.